The Morgan fingerprint density at radius 1 is 1.38 bits per heavy atom. The Morgan fingerprint density at radius 2 is 2.14 bits per heavy atom. The number of imidazole rings is 1. The van der Waals surface area contributed by atoms with Gasteiger partial charge in [0.15, 0.2) is 0 Å². The van der Waals surface area contributed by atoms with Gasteiger partial charge in [-0.1, -0.05) is 18.2 Å². The van der Waals surface area contributed by atoms with Gasteiger partial charge >= 0.3 is 0 Å². The fourth-order valence-electron chi connectivity index (χ4n) is 2.38. The summed E-state index contributed by atoms with van der Waals surface area (Å²) in [5.74, 6) is 0.650. The molecule has 114 valence electrons. The largest absolute Gasteiger partial charge is 0.387 e. The van der Waals surface area contributed by atoms with Crippen molar-refractivity contribution in [3.63, 3.8) is 0 Å². The lowest BCUT2D eigenvalue weighted by atomic mass is 10.1. The van der Waals surface area contributed by atoms with Crippen molar-refractivity contribution in [2.24, 2.45) is 0 Å². The minimum atomic E-state index is -0.800. The first kappa shape index (κ1) is 15.7. The summed E-state index contributed by atoms with van der Waals surface area (Å²) < 4.78 is 15.7. The lowest BCUT2D eigenvalue weighted by Crippen LogP contribution is -2.26. The molecule has 0 fully saturated rings. The second-order valence-electron chi connectivity index (χ2n) is 5.32. The number of aliphatic hydroxyl groups excluding tert-OH is 1. The average Bonchev–Trinajstić information content (AvgIpc) is 2.85. The summed E-state index contributed by atoms with van der Waals surface area (Å²) in [6.07, 6.45) is 3.91. The van der Waals surface area contributed by atoms with Gasteiger partial charge in [-0.15, -0.1) is 0 Å². The zero-order chi connectivity index (χ0) is 15.2. The number of rotatable bonds is 7. The van der Waals surface area contributed by atoms with Crippen molar-refractivity contribution >= 4 is 0 Å². The Kier molecular flexibility index (Phi) is 5.47. The maximum atomic E-state index is 13.6. The highest BCUT2D eigenvalue weighted by atomic mass is 19.1. The van der Waals surface area contributed by atoms with E-state index in [1.54, 1.807) is 24.4 Å². The van der Waals surface area contributed by atoms with Crippen molar-refractivity contribution in [3.8, 4) is 0 Å². The van der Waals surface area contributed by atoms with Crippen LogP contribution in [-0.4, -0.2) is 39.7 Å². The van der Waals surface area contributed by atoms with Crippen LogP contribution in [0.25, 0.3) is 0 Å². The maximum Gasteiger partial charge on any atom is 0.129 e. The highest BCUT2D eigenvalue weighted by molar-refractivity contribution is 5.19. The Bertz CT molecular complexity index is 570. The van der Waals surface area contributed by atoms with Crippen LogP contribution >= 0.6 is 0 Å². The molecular formula is C16H22FN3O. The first-order valence-corrected chi connectivity index (χ1v) is 7.16. The third kappa shape index (κ3) is 4.37. The minimum Gasteiger partial charge on any atom is -0.387 e. The van der Waals surface area contributed by atoms with Crippen LogP contribution in [-0.2, 0) is 6.54 Å². The molecule has 1 N–H and O–H groups in total. The van der Waals surface area contributed by atoms with Crippen molar-refractivity contribution in [2.45, 2.75) is 26.0 Å². The van der Waals surface area contributed by atoms with Crippen molar-refractivity contribution in [1.82, 2.24) is 14.5 Å². The number of aromatic nitrogens is 2. The molecule has 0 aliphatic carbocycles. The topological polar surface area (TPSA) is 41.3 Å². The van der Waals surface area contributed by atoms with Gasteiger partial charge in [-0.3, -0.25) is 0 Å². The van der Waals surface area contributed by atoms with E-state index in [0.717, 1.165) is 25.3 Å². The van der Waals surface area contributed by atoms with E-state index in [2.05, 4.69) is 9.55 Å². The van der Waals surface area contributed by atoms with Crippen molar-refractivity contribution < 1.29 is 9.50 Å². The normalized spacial score (nSPS) is 12.8. The Labute approximate surface area is 124 Å². The number of likely N-dealkylation sites (N-methyl/N-ethyl adjacent to an activating group) is 1. The molecular weight excluding hydrogens is 269 g/mol. The molecule has 0 bridgehead atoms. The summed E-state index contributed by atoms with van der Waals surface area (Å²) in [6.45, 7) is 4.13. The molecule has 1 atom stereocenters. The SMILES string of the molecule is Cc1nccn1CCCN(C)CC(O)c1ccccc1F. The van der Waals surface area contributed by atoms with Gasteiger partial charge < -0.3 is 14.6 Å². The lowest BCUT2D eigenvalue weighted by molar-refractivity contribution is 0.122. The monoisotopic (exact) mass is 291 g/mol. The molecule has 0 saturated carbocycles. The molecule has 1 heterocycles. The second kappa shape index (κ2) is 7.33. The third-order valence-electron chi connectivity index (χ3n) is 3.61. The van der Waals surface area contributed by atoms with Gasteiger partial charge in [-0.25, -0.2) is 9.37 Å². The van der Waals surface area contributed by atoms with Crippen LogP contribution in [0.3, 0.4) is 0 Å². The molecule has 0 spiro atoms. The van der Waals surface area contributed by atoms with E-state index in [0.29, 0.717) is 12.1 Å². The van der Waals surface area contributed by atoms with Gasteiger partial charge in [0.25, 0.3) is 0 Å². The van der Waals surface area contributed by atoms with Gasteiger partial charge in [0.1, 0.15) is 11.6 Å². The predicted octanol–water partition coefficient (Wildman–Crippen LogP) is 2.39. The van der Waals surface area contributed by atoms with Crippen molar-refractivity contribution in [2.75, 3.05) is 20.1 Å². The van der Waals surface area contributed by atoms with Crippen molar-refractivity contribution in [1.29, 1.82) is 0 Å². The van der Waals surface area contributed by atoms with Gasteiger partial charge in [-0.05, 0) is 33.0 Å². The predicted molar refractivity (Wildman–Crippen MR) is 80.4 cm³/mol. The third-order valence-corrected chi connectivity index (χ3v) is 3.61. The van der Waals surface area contributed by atoms with E-state index in [1.165, 1.54) is 6.07 Å². The summed E-state index contributed by atoms with van der Waals surface area (Å²) in [5.41, 5.74) is 0.356. The van der Waals surface area contributed by atoms with Gasteiger partial charge in [-0.2, -0.15) is 0 Å². The number of aliphatic hydroxyl groups is 1. The second-order valence-corrected chi connectivity index (χ2v) is 5.32. The average molecular weight is 291 g/mol. The molecule has 0 aliphatic rings. The molecule has 2 rings (SSSR count). The molecule has 5 heteroatoms. The Hall–Kier alpha value is -1.72. The highest BCUT2D eigenvalue weighted by Crippen LogP contribution is 2.17. The number of nitrogens with zero attached hydrogens (tertiary/aromatic N) is 3. The fraction of sp³-hybridized carbons (Fsp3) is 0.438. The summed E-state index contributed by atoms with van der Waals surface area (Å²) >= 11 is 0. The van der Waals surface area contributed by atoms with E-state index < -0.39 is 6.10 Å². The van der Waals surface area contributed by atoms with Gasteiger partial charge in [0, 0.05) is 31.0 Å². The van der Waals surface area contributed by atoms with Crippen LogP contribution in [0, 0.1) is 12.7 Å². The van der Waals surface area contributed by atoms with E-state index in [4.69, 9.17) is 0 Å². The molecule has 0 radical (unpaired) electrons. The molecule has 1 aromatic carbocycles. The molecule has 1 unspecified atom stereocenters. The summed E-state index contributed by atoms with van der Waals surface area (Å²) in [5, 5.41) is 10.1. The molecule has 0 aliphatic heterocycles. The highest BCUT2D eigenvalue weighted by Gasteiger charge is 2.14. The van der Waals surface area contributed by atoms with Crippen LogP contribution in [0.1, 0.15) is 23.9 Å². The van der Waals surface area contributed by atoms with Crippen molar-refractivity contribution in [3.05, 3.63) is 53.9 Å². The van der Waals surface area contributed by atoms with Gasteiger partial charge in [0.05, 0.1) is 6.10 Å². The Morgan fingerprint density at radius 3 is 2.81 bits per heavy atom. The molecule has 2 aromatic rings. The number of hydrogen-bond acceptors (Lipinski definition) is 3. The van der Waals surface area contributed by atoms with E-state index in [9.17, 15) is 9.50 Å². The molecule has 4 nitrogen and oxygen atoms in total. The standard InChI is InChI=1S/C16H22FN3O/c1-13-18-8-11-20(13)10-5-9-19(2)12-16(21)14-6-3-4-7-15(14)17/h3-4,6-8,11,16,21H,5,9-10,12H2,1-2H3. The molecule has 0 amide bonds. The number of benzene rings is 1. The smallest absolute Gasteiger partial charge is 0.129 e. The first-order valence-electron chi connectivity index (χ1n) is 7.16. The quantitative estimate of drug-likeness (QED) is 0.851. The van der Waals surface area contributed by atoms with Crippen LogP contribution in [0.4, 0.5) is 4.39 Å². The molecule has 1 aromatic heterocycles. The lowest BCUT2D eigenvalue weighted by Gasteiger charge is -2.21. The zero-order valence-corrected chi connectivity index (χ0v) is 12.5. The summed E-state index contributed by atoms with van der Waals surface area (Å²) in [7, 11) is 1.94. The van der Waals surface area contributed by atoms with Crippen LogP contribution < -0.4 is 0 Å². The zero-order valence-electron chi connectivity index (χ0n) is 12.5. The first-order chi connectivity index (χ1) is 10.1. The van der Waals surface area contributed by atoms with Crippen LogP contribution in [0.15, 0.2) is 36.7 Å². The number of hydrogen-bond donors (Lipinski definition) is 1. The summed E-state index contributed by atoms with van der Waals surface area (Å²) in [6, 6.07) is 6.37. The fourth-order valence-corrected chi connectivity index (χ4v) is 2.38. The molecule has 21 heavy (non-hydrogen) atoms. The minimum absolute atomic E-state index is 0.354. The van der Waals surface area contributed by atoms with E-state index >= 15 is 0 Å². The number of halogens is 1. The van der Waals surface area contributed by atoms with Gasteiger partial charge in [0.2, 0.25) is 0 Å². The van der Waals surface area contributed by atoms with E-state index in [1.807, 2.05) is 25.1 Å². The Balaban J connectivity index is 1.78. The van der Waals surface area contributed by atoms with E-state index in [-0.39, 0.29) is 5.82 Å². The van der Waals surface area contributed by atoms with Crippen LogP contribution in [0.5, 0.6) is 0 Å². The maximum absolute atomic E-state index is 13.6. The number of aryl methyl sites for hydroxylation is 2. The summed E-state index contributed by atoms with van der Waals surface area (Å²) in [4.78, 5) is 6.20. The molecule has 0 saturated heterocycles. The van der Waals surface area contributed by atoms with Crippen LogP contribution in [0.2, 0.25) is 0 Å².